The lowest BCUT2D eigenvalue weighted by Crippen LogP contribution is -2.52. The highest BCUT2D eigenvalue weighted by Gasteiger charge is 2.48. The summed E-state index contributed by atoms with van der Waals surface area (Å²) in [5.41, 5.74) is 1.76. The van der Waals surface area contributed by atoms with E-state index in [1.54, 1.807) is 31.2 Å². The Hall–Kier alpha value is -4.85. The van der Waals surface area contributed by atoms with Crippen LogP contribution in [0, 0.1) is 30.5 Å². The summed E-state index contributed by atoms with van der Waals surface area (Å²) in [6, 6.07) is 10.6. The van der Waals surface area contributed by atoms with Crippen molar-refractivity contribution in [3.8, 4) is 11.4 Å². The number of hydrogen-bond acceptors (Lipinski definition) is 9. The number of nitrogens with zero attached hydrogens (tertiary/aromatic N) is 5. The largest absolute Gasteiger partial charge is 0.466 e. The second kappa shape index (κ2) is 11.7. The van der Waals surface area contributed by atoms with Crippen molar-refractivity contribution in [1.29, 1.82) is 0 Å². The number of pyridine rings is 1. The molecule has 2 bridgehead atoms. The second-order valence-corrected chi connectivity index (χ2v) is 14.0. The third-order valence-corrected chi connectivity index (χ3v) is 11.1. The molecule has 4 heterocycles. The lowest BCUT2D eigenvalue weighted by Gasteiger charge is -2.47. The van der Waals surface area contributed by atoms with Crippen molar-refractivity contribution < 1.29 is 27.1 Å². The molecule has 0 radical (unpaired) electrons. The van der Waals surface area contributed by atoms with Gasteiger partial charge >= 0.3 is 5.97 Å². The first-order valence-corrected chi connectivity index (χ1v) is 17.1. The number of halogens is 1. The monoisotopic (exact) mass is 659 g/mol. The molecule has 0 spiro atoms. The molecule has 0 aliphatic heterocycles. The molecule has 47 heavy (non-hydrogen) atoms. The van der Waals surface area contributed by atoms with Gasteiger partial charge in [-0.3, -0.25) is 9.59 Å². The van der Waals surface area contributed by atoms with Crippen LogP contribution < -0.4 is 10.6 Å². The van der Waals surface area contributed by atoms with Gasteiger partial charge in [0.25, 0.3) is 15.9 Å². The molecule has 3 aliphatic rings. The Labute approximate surface area is 270 Å². The van der Waals surface area contributed by atoms with E-state index in [9.17, 15) is 22.4 Å². The summed E-state index contributed by atoms with van der Waals surface area (Å²) in [4.78, 5) is 35.2. The number of hydrogen-bond donors (Lipinski definition) is 2. The number of anilines is 1. The predicted octanol–water partition coefficient (Wildman–Crippen LogP) is 4.57. The summed E-state index contributed by atoms with van der Waals surface area (Å²) in [6.07, 6.45) is 6.06. The van der Waals surface area contributed by atoms with Crippen LogP contribution in [0.4, 0.5) is 10.2 Å². The number of aromatic nitrogens is 5. The van der Waals surface area contributed by atoms with Crippen molar-refractivity contribution >= 4 is 44.3 Å². The van der Waals surface area contributed by atoms with Gasteiger partial charge in [-0.15, -0.1) is 5.10 Å². The highest BCUT2D eigenvalue weighted by Crippen LogP contribution is 2.47. The average molecular weight is 660 g/mol. The van der Waals surface area contributed by atoms with Crippen molar-refractivity contribution in [3.05, 3.63) is 71.9 Å². The van der Waals surface area contributed by atoms with Crippen LogP contribution in [0.3, 0.4) is 0 Å². The zero-order valence-corrected chi connectivity index (χ0v) is 26.9. The molecular formula is C33H34FN7O5S. The van der Waals surface area contributed by atoms with Crippen molar-refractivity contribution in [2.24, 2.45) is 17.8 Å². The molecular weight excluding hydrogens is 625 g/mol. The minimum atomic E-state index is -4.16. The summed E-state index contributed by atoms with van der Waals surface area (Å²) < 4.78 is 50.4. The summed E-state index contributed by atoms with van der Waals surface area (Å²) in [7, 11) is -2.66. The molecule has 3 fully saturated rings. The van der Waals surface area contributed by atoms with E-state index in [2.05, 4.69) is 20.7 Å². The van der Waals surface area contributed by atoms with E-state index in [-0.39, 0.29) is 69.4 Å². The van der Waals surface area contributed by atoms with E-state index in [0.717, 1.165) is 41.4 Å². The molecule has 3 aliphatic carbocycles. The van der Waals surface area contributed by atoms with Crippen molar-refractivity contribution in [3.63, 3.8) is 0 Å². The number of carbonyl (C=O) groups is 2. The van der Waals surface area contributed by atoms with Gasteiger partial charge in [0, 0.05) is 30.2 Å². The summed E-state index contributed by atoms with van der Waals surface area (Å²) in [6.45, 7) is 3.91. The fourth-order valence-electron chi connectivity index (χ4n) is 7.15. The van der Waals surface area contributed by atoms with Crippen LogP contribution in [0.15, 0.2) is 59.8 Å². The van der Waals surface area contributed by atoms with Crippen LogP contribution in [-0.4, -0.2) is 63.5 Å². The summed E-state index contributed by atoms with van der Waals surface area (Å²) in [5.74, 6) is -0.965. The van der Waals surface area contributed by atoms with E-state index in [1.807, 2.05) is 6.92 Å². The first-order valence-electron chi connectivity index (χ1n) is 15.6. The number of aryl methyl sites for hydroxylation is 1. The molecule has 5 aromatic rings. The Balaban J connectivity index is 1.42. The van der Waals surface area contributed by atoms with Gasteiger partial charge < -0.3 is 15.4 Å². The molecule has 1 amide bonds. The fraction of sp³-hybridized carbons (Fsp3) is 0.364. The molecule has 2 N–H and O–H groups in total. The van der Waals surface area contributed by atoms with Crippen molar-refractivity contribution in [1.82, 2.24) is 28.9 Å². The van der Waals surface area contributed by atoms with Crippen LogP contribution in [0.5, 0.6) is 0 Å². The maximum Gasteiger partial charge on any atom is 0.311 e. The summed E-state index contributed by atoms with van der Waals surface area (Å²) >= 11 is 0. The Morgan fingerprint density at radius 3 is 2.49 bits per heavy atom. The van der Waals surface area contributed by atoms with Gasteiger partial charge in [0.1, 0.15) is 17.0 Å². The third-order valence-electron chi connectivity index (χ3n) is 9.45. The number of benzene rings is 1. The third kappa shape index (κ3) is 5.20. The molecule has 1 aromatic carbocycles. The van der Waals surface area contributed by atoms with Crippen LogP contribution >= 0.6 is 0 Å². The summed E-state index contributed by atoms with van der Waals surface area (Å²) in [5, 5.41) is 11.0. The zero-order chi connectivity index (χ0) is 33.0. The fourth-order valence-corrected chi connectivity index (χ4v) is 8.47. The number of esters is 1. The van der Waals surface area contributed by atoms with Gasteiger partial charge in [-0.2, -0.15) is 0 Å². The normalized spacial score (nSPS) is 20.9. The minimum absolute atomic E-state index is 0.00817. The van der Waals surface area contributed by atoms with E-state index in [1.165, 1.54) is 36.0 Å². The minimum Gasteiger partial charge on any atom is -0.466 e. The predicted molar refractivity (Wildman–Crippen MR) is 172 cm³/mol. The molecule has 4 aromatic heterocycles. The lowest BCUT2D eigenvalue weighted by molar-refractivity contribution is -0.154. The van der Waals surface area contributed by atoms with Crippen LogP contribution in [0.25, 0.3) is 27.9 Å². The second-order valence-electron chi connectivity index (χ2n) is 12.2. The van der Waals surface area contributed by atoms with Crippen LogP contribution in [0.1, 0.15) is 48.7 Å². The van der Waals surface area contributed by atoms with Gasteiger partial charge in [0.15, 0.2) is 17.3 Å². The van der Waals surface area contributed by atoms with Gasteiger partial charge in [-0.25, -0.2) is 31.3 Å². The molecule has 0 unspecified atom stereocenters. The molecule has 2 atom stereocenters. The number of nitrogens with one attached hydrogen (secondary N) is 2. The lowest BCUT2D eigenvalue weighted by atomic mass is 9.61. The van der Waals surface area contributed by atoms with Crippen LogP contribution in [-0.2, 0) is 19.6 Å². The maximum absolute atomic E-state index is 14.7. The van der Waals surface area contributed by atoms with Crippen LogP contribution in [0.2, 0.25) is 0 Å². The zero-order valence-electron chi connectivity index (χ0n) is 26.1. The Kier molecular flexibility index (Phi) is 7.69. The number of fused-ring (bicyclic) bond motifs is 5. The van der Waals surface area contributed by atoms with Gasteiger partial charge in [-0.1, -0.05) is 17.7 Å². The van der Waals surface area contributed by atoms with E-state index < -0.39 is 21.7 Å². The SMILES string of the molecule is CCOC(=O)[C@H]1C2CCC(CC2)[C@@H]1Nc1nc(-c2cn(S(=O)(=O)c3ccc(C)cc3)c3ncc(F)cc23)nn2c(C(=O)NC)ccc12. The first-order chi connectivity index (χ1) is 22.6. The van der Waals surface area contributed by atoms with Gasteiger partial charge in [-0.05, 0) is 81.7 Å². The van der Waals surface area contributed by atoms with Gasteiger partial charge in [0.2, 0.25) is 0 Å². The number of carbonyl (C=O) groups excluding carboxylic acids is 2. The van der Waals surface area contributed by atoms with E-state index in [4.69, 9.17) is 9.72 Å². The topological polar surface area (TPSA) is 150 Å². The highest BCUT2D eigenvalue weighted by molar-refractivity contribution is 7.90. The molecule has 8 rings (SSSR count). The molecule has 14 heteroatoms. The average Bonchev–Trinajstić information content (AvgIpc) is 3.67. The first kappa shape index (κ1) is 30.8. The Morgan fingerprint density at radius 2 is 1.79 bits per heavy atom. The standard InChI is InChI=1S/C33H34FN7O5S/c1-4-46-33(43)27-19-7-9-20(10-8-19)28(27)37-30-25-13-14-26(32(42)35-3)41(25)39-29(38-30)24-17-40(31-23(24)15-21(34)16-36-31)47(44,45)22-11-5-18(2)6-12-22/h5-6,11-17,19-20,27-28H,4,7-10H2,1-3H3,(H,35,42)(H,37,38,39)/t19?,20?,27-,28-/m0/s1. The number of rotatable bonds is 8. The quantitative estimate of drug-likeness (QED) is 0.229. The Morgan fingerprint density at radius 1 is 1.06 bits per heavy atom. The number of ether oxygens (including phenoxy) is 1. The number of amides is 1. The highest BCUT2D eigenvalue weighted by atomic mass is 32.2. The molecule has 12 nitrogen and oxygen atoms in total. The Bertz CT molecular complexity index is 2140. The molecule has 244 valence electrons. The van der Waals surface area contributed by atoms with E-state index in [0.29, 0.717) is 11.3 Å². The van der Waals surface area contributed by atoms with Gasteiger partial charge in [0.05, 0.1) is 23.6 Å². The molecule has 0 saturated heterocycles. The molecule has 3 saturated carbocycles. The van der Waals surface area contributed by atoms with Crippen molar-refractivity contribution in [2.75, 3.05) is 19.0 Å². The van der Waals surface area contributed by atoms with E-state index >= 15 is 0 Å². The maximum atomic E-state index is 14.7. The van der Waals surface area contributed by atoms with Crippen molar-refractivity contribution in [2.45, 2.75) is 50.5 Å². The smallest absolute Gasteiger partial charge is 0.311 e.